The van der Waals surface area contributed by atoms with Gasteiger partial charge in [0.05, 0.1) is 58.8 Å². The topological polar surface area (TPSA) is 98.6 Å². The summed E-state index contributed by atoms with van der Waals surface area (Å²) in [5.74, 6) is -0.911. The number of benzene rings is 9. The first kappa shape index (κ1) is 40.6. The number of carbonyl (C=O) groups is 2. The molecule has 1 aromatic heterocycles. The monoisotopic (exact) mass is 868 g/mol. The molecule has 0 bridgehead atoms. The molecule has 8 heteroatoms. The molecule has 0 saturated heterocycles. The number of fused-ring (bicyclic) bond motifs is 4. The number of carbonyl (C=O) groups excluding carboxylic acids is 2. The number of aromatic nitrogens is 1. The van der Waals surface area contributed by atoms with Crippen LogP contribution in [0.3, 0.4) is 0 Å². The number of imide groups is 1. The summed E-state index contributed by atoms with van der Waals surface area (Å²) in [6.45, 7) is 15.4. The molecule has 0 spiro atoms. The first-order valence-electron chi connectivity index (χ1n) is 21.7. The number of nitriles is 2. The summed E-state index contributed by atoms with van der Waals surface area (Å²) < 4.78 is 2.01. The fourth-order valence-corrected chi connectivity index (χ4v) is 9.46. The zero-order valence-electron chi connectivity index (χ0n) is 36.0. The number of nitrogens with zero attached hydrogens (tertiary/aromatic N) is 6. The lowest BCUT2D eigenvalue weighted by molar-refractivity contribution is 0.0926. The minimum Gasteiger partial charge on any atom is -0.308 e. The number of hydrogen-bond donors (Lipinski definition) is 0. The lowest BCUT2D eigenvalue weighted by atomic mass is 9.90. The highest BCUT2D eigenvalue weighted by molar-refractivity contribution is 6.37. The third kappa shape index (κ3) is 6.75. The standard InChI is InChI=1S/C60H32N6O2/c1-63-47-27-37(35-61)25-44(29-47)42-21-23-54-52(31-42)53-32-43(45-26-38(36-62)28-48(30-45)64-2)22-24-55(53)65(54)56-20-12-19-49-57(56)60(68)66(59(49)67)58-50(40-15-8-4-9-16-40)33-46(39-13-6-3-7-14-39)34-51(58)41-17-10-5-11-18-41/h3-34H. The molecule has 0 unspecified atom stereocenters. The maximum Gasteiger partial charge on any atom is 0.268 e. The van der Waals surface area contributed by atoms with E-state index in [-0.39, 0.29) is 11.1 Å². The Morgan fingerprint density at radius 3 is 1.35 bits per heavy atom. The number of hydrogen-bond acceptors (Lipinski definition) is 4. The maximum absolute atomic E-state index is 15.6. The molecule has 0 aliphatic carbocycles. The van der Waals surface area contributed by atoms with Crippen LogP contribution in [0.15, 0.2) is 194 Å². The van der Waals surface area contributed by atoms with Crippen molar-refractivity contribution in [3.63, 3.8) is 0 Å². The third-order valence-corrected chi connectivity index (χ3v) is 12.5. The molecule has 10 aromatic rings. The van der Waals surface area contributed by atoms with E-state index < -0.39 is 11.8 Å². The van der Waals surface area contributed by atoms with Gasteiger partial charge in [-0.1, -0.05) is 109 Å². The maximum atomic E-state index is 15.6. The summed E-state index contributed by atoms with van der Waals surface area (Å²) in [6, 6.07) is 65.4. The largest absolute Gasteiger partial charge is 0.308 e. The van der Waals surface area contributed by atoms with Crippen molar-refractivity contribution in [2.75, 3.05) is 4.90 Å². The molecule has 11 rings (SSSR count). The molecule has 1 aliphatic rings. The van der Waals surface area contributed by atoms with Gasteiger partial charge in [0.1, 0.15) is 0 Å². The molecule has 0 fully saturated rings. The van der Waals surface area contributed by atoms with Crippen LogP contribution in [0.2, 0.25) is 0 Å². The van der Waals surface area contributed by atoms with E-state index in [4.69, 9.17) is 13.1 Å². The van der Waals surface area contributed by atoms with Crippen LogP contribution in [0, 0.1) is 35.8 Å². The molecule has 2 amide bonds. The summed E-state index contributed by atoms with van der Waals surface area (Å²) in [7, 11) is 0. The van der Waals surface area contributed by atoms with Crippen molar-refractivity contribution in [3.05, 3.63) is 239 Å². The van der Waals surface area contributed by atoms with Crippen LogP contribution in [0.1, 0.15) is 31.8 Å². The van der Waals surface area contributed by atoms with Gasteiger partial charge in [-0.2, -0.15) is 10.5 Å². The Hall–Kier alpha value is -10.1. The molecular weight excluding hydrogens is 837 g/mol. The van der Waals surface area contributed by atoms with Crippen molar-refractivity contribution in [2.45, 2.75) is 0 Å². The van der Waals surface area contributed by atoms with E-state index in [1.54, 1.807) is 48.5 Å². The van der Waals surface area contributed by atoms with Gasteiger partial charge in [-0.05, 0) is 129 Å². The number of amides is 2. The van der Waals surface area contributed by atoms with E-state index in [0.29, 0.717) is 45.0 Å². The van der Waals surface area contributed by atoms with Gasteiger partial charge in [0, 0.05) is 33.0 Å². The van der Waals surface area contributed by atoms with Gasteiger partial charge in [-0.15, -0.1) is 0 Å². The van der Waals surface area contributed by atoms with Crippen LogP contribution < -0.4 is 4.90 Å². The minimum atomic E-state index is -0.467. The van der Waals surface area contributed by atoms with Crippen molar-refractivity contribution in [3.8, 4) is 73.5 Å². The molecule has 9 aromatic carbocycles. The second-order valence-corrected chi connectivity index (χ2v) is 16.4. The smallest absolute Gasteiger partial charge is 0.268 e. The predicted octanol–water partition coefficient (Wildman–Crippen LogP) is 14.8. The molecule has 0 radical (unpaired) electrons. The van der Waals surface area contributed by atoms with Crippen LogP contribution in [-0.2, 0) is 0 Å². The molecule has 1 aliphatic heterocycles. The van der Waals surface area contributed by atoms with Crippen LogP contribution in [-0.4, -0.2) is 16.4 Å². The summed E-state index contributed by atoms with van der Waals surface area (Å²) in [5, 5.41) is 21.3. The second kappa shape index (κ2) is 16.5. The lowest BCUT2D eigenvalue weighted by Gasteiger charge is -2.24. The van der Waals surface area contributed by atoms with E-state index in [1.807, 2.05) is 138 Å². The minimum absolute atomic E-state index is 0.251. The molecule has 314 valence electrons. The van der Waals surface area contributed by atoms with Crippen molar-refractivity contribution in [1.29, 1.82) is 10.5 Å². The molecule has 68 heavy (non-hydrogen) atoms. The quantitative estimate of drug-likeness (QED) is 0.118. The second-order valence-electron chi connectivity index (χ2n) is 16.4. The molecule has 0 saturated carbocycles. The molecule has 0 N–H and O–H groups in total. The Morgan fingerprint density at radius 2 is 0.882 bits per heavy atom. The Kier molecular flexibility index (Phi) is 9.84. The van der Waals surface area contributed by atoms with E-state index in [9.17, 15) is 10.5 Å². The fraction of sp³-hybridized carbons (Fsp3) is 0. The predicted molar refractivity (Wildman–Crippen MR) is 267 cm³/mol. The average molecular weight is 869 g/mol. The Morgan fingerprint density at radius 1 is 0.412 bits per heavy atom. The number of anilines is 1. The first-order valence-corrected chi connectivity index (χ1v) is 21.7. The molecule has 0 atom stereocenters. The molecule has 8 nitrogen and oxygen atoms in total. The van der Waals surface area contributed by atoms with Crippen LogP contribution in [0.4, 0.5) is 17.1 Å². The third-order valence-electron chi connectivity index (χ3n) is 12.5. The van der Waals surface area contributed by atoms with E-state index in [0.717, 1.165) is 66.3 Å². The summed E-state index contributed by atoms with van der Waals surface area (Å²) in [6.07, 6.45) is 0. The summed E-state index contributed by atoms with van der Waals surface area (Å²) in [4.78, 5) is 39.4. The van der Waals surface area contributed by atoms with Gasteiger partial charge in [0.25, 0.3) is 11.8 Å². The SMILES string of the molecule is [C-]#[N+]c1cc(C#N)cc(-c2ccc3c(c2)c2cc(-c4cc(C#N)cc([N+]#[C-])c4)ccc2n3-c2cccc3c2C(=O)N(c2c(-c4ccccc4)cc(-c4ccccc4)cc2-c2ccccc2)C3=O)c1. The van der Waals surface area contributed by atoms with Crippen molar-refractivity contribution in [2.24, 2.45) is 0 Å². The number of rotatable bonds is 7. The fourth-order valence-electron chi connectivity index (χ4n) is 9.46. The Balaban J connectivity index is 1.15. The van der Waals surface area contributed by atoms with Crippen LogP contribution >= 0.6 is 0 Å². The summed E-state index contributed by atoms with van der Waals surface area (Å²) in [5.41, 5.74) is 12.4. The van der Waals surface area contributed by atoms with E-state index >= 15 is 9.59 Å². The first-order chi connectivity index (χ1) is 33.3. The lowest BCUT2D eigenvalue weighted by Crippen LogP contribution is -2.30. The van der Waals surface area contributed by atoms with Gasteiger partial charge in [-0.3, -0.25) is 9.59 Å². The highest BCUT2D eigenvalue weighted by atomic mass is 16.2. The van der Waals surface area contributed by atoms with Gasteiger partial charge in [0.15, 0.2) is 11.4 Å². The highest BCUT2D eigenvalue weighted by Crippen LogP contribution is 2.47. The van der Waals surface area contributed by atoms with Crippen molar-refractivity contribution in [1.82, 2.24) is 4.57 Å². The highest BCUT2D eigenvalue weighted by Gasteiger charge is 2.42. The van der Waals surface area contributed by atoms with E-state index in [2.05, 4.69) is 34.0 Å². The molecular formula is C60H32N6O2. The summed E-state index contributed by atoms with van der Waals surface area (Å²) >= 11 is 0. The van der Waals surface area contributed by atoms with E-state index in [1.165, 1.54) is 4.90 Å². The zero-order valence-corrected chi connectivity index (χ0v) is 36.0. The molecule has 2 heterocycles. The average Bonchev–Trinajstić information content (AvgIpc) is 3.87. The van der Waals surface area contributed by atoms with Crippen molar-refractivity contribution < 1.29 is 9.59 Å². The van der Waals surface area contributed by atoms with Crippen LogP contribution in [0.25, 0.3) is 92.8 Å². The van der Waals surface area contributed by atoms with Gasteiger partial charge in [-0.25, -0.2) is 14.6 Å². The zero-order chi connectivity index (χ0) is 46.5. The Labute approximate surface area is 391 Å². The normalized spacial score (nSPS) is 11.8. The van der Waals surface area contributed by atoms with Gasteiger partial charge in [0.2, 0.25) is 0 Å². The van der Waals surface area contributed by atoms with Crippen molar-refractivity contribution >= 4 is 50.7 Å². The Bertz CT molecular complexity index is 3680. The van der Waals surface area contributed by atoms with Crippen LogP contribution in [0.5, 0.6) is 0 Å². The van der Waals surface area contributed by atoms with Gasteiger partial charge < -0.3 is 4.57 Å². The van der Waals surface area contributed by atoms with Gasteiger partial charge >= 0.3 is 0 Å².